The zero-order valence-electron chi connectivity index (χ0n) is 13.7. The van der Waals surface area contributed by atoms with Crippen molar-refractivity contribution < 1.29 is 9.90 Å². The average Bonchev–Trinajstić information content (AvgIpc) is 3.23. The summed E-state index contributed by atoms with van der Waals surface area (Å²) in [6.45, 7) is 0. The summed E-state index contributed by atoms with van der Waals surface area (Å²) >= 11 is 6.51. The first-order valence-electron chi connectivity index (χ1n) is 9.00. The summed E-state index contributed by atoms with van der Waals surface area (Å²) in [5.41, 5.74) is 3.23. The fraction of sp³-hybridized carbons (Fsp3) is 0.381. The van der Waals surface area contributed by atoms with Gasteiger partial charge >= 0.3 is 0 Å². The molecule has 2 fully saturated rings. The number of rotatable bonds is 2. The maximum atomic E-state index is 11.7. The Morgan fingerprint density at radius 1 is 1.04 bits per heavy atom. The van der Waals surface area contributed by atoms with Gasteiger partial charge in [-0.2, -0.15) is 0 Å². The normalized spacial score (nSPS) is 32.0. The number of aromatic carboxylic acids is 1. The van der Waals surface area contributed by atoms with Crippen molar-refractivity contribution >= 4 is 23.3 Å². The lowest BCUT2D eigenvalue weighted by Crippen LogP contribution is -2.37. The number of benzene rings is 2. The Balaban J connectivity index is 1.70. The van der Waals surface area contributed by atoms with E-state index in [1.165, 1.54) is 19.3 Å². The van der Waals surface area contributed by atoms with Crippen LogP contribution in [0.4, 0.5) is 5.69 Å². The number of fused-ring (bicyclic) bond motifs is 7. The number of carboxylic acids is 1. The highest BCUT2D eigenvalue weighted by atomic mass is 35.5. The molecule has 0 radical (unpaired) electrons. The van der Waals surface area contributed by atoms with Gasteiger partial charge in [-0.1, -0.05) is 48.0 Å². The zero-order valence-corrected chi connectivity index (χ0v) is 14.5. The first kappa shape index (κ1) is 15.3. The van der Waals surface area contributed by atoms with Crippen molar-refractivity contribution in [3.8, 4) is 0 Å². The molecule has 0 aromatic heterocycles. The van der Waals surface area contributed by atoms with Gasteiger partial charge in [0.15, 0.2) is 0 Å². The van der Waals surface area contributed by atoms with E-state index in [0.717, 1.165) is 21.8 Å². The molecule has 4 heteroatoms. The molecule has 3 nitrogen and oxygen atoms in total. The second-order valence-electron chi connectivity index (χ2n) is 7.64. The molecule has 0 amide bonds. The average molecular weight is 353 g/mol. The third-order valence-corrected chi connectivity index (χ3v) is 6.93. The molecule has 0 unspecified atom stereocenters. The number of carboxylic acid groups (broad SMARTS) is 1. The van der Waals surface area contributed by atoms with Crippen LogP contribution in [0.3, 0.4) is 0 Å². The Labute approximate surface area is 152 Å². The maximum absolute atomic E-state index is 11.7. The number of hydrogen-bond acceptors (Lipinski definition) is 3. The van der Waals surface area contributed by atoms with Crippen molar-refractivity contribution in [3.63, 3.8) is 0 Å². The van der Waals surface area contributed by atoms with E-state index in [1.807, 2.05) is 24.3 Å². The van der Waals surface area contributed by atoms with E-state index >= 15 is 0 Å². The molecular formula is C21H19ClNO2-. The lowest BCUT2D eigenvalue weighted by atomic mass is 9.67. The Kier molecular flexibility index (Phi) is 3.36. The van der Waals surface area contributed by atoms with Crippen molar-refractivity contribution in [2.45, 2.75) is 31.2 Å². The largest absolute Gasteiger partial charge is 0.545 e. The van der Waals surface area contributed by atoms with E-state index < -0.39 is 5.97 Å². The van der Waals surface area contributed by atoms with Crippen molar-refractivity contribution in [1.29, 1.82) is 0 Å². The number of hydrogen-bond donors (Lipinski definition) is 1. The molecule has 1 heterocycles. The molecule has 1 aliphatic heterocycles. The fourth-order valence-electron chi connectivity index (χ4n) is 5.72. The van der Waals surface area contributed by atoms with Crippen molar-refractivity contribution in [3.05, 3.63) is 64.2 Å². The van der Waals surface area contributed by atoms with Crippen LogP contribution in [-0.2, 0) is 0 Å². The summed E-state index contributed by atoms with van der Waals surface area (Å²) in [5, 5.41) is 16.0. The van der Waals surface area contributed by atoms with Crippen molar-refractivity contribution in [2.75, 3.05) is 5.32 Å². The van der Waals surface area contributed by atoms with Gasteiger partial charge in [-0.25, -0.2) is 0 Å². The second-order valence-corrected chi connectivity index (χ2v) is 8.04. The lowest BCUT2D eigenvalue weighted by Gasteiger charge is -2.44. The Morgan fingerprint density at radius 2 is 1.80 bits per heavy atom. The number of carbonyl (C=O) groups is 1. The summed E-state index contributed by atoms with van der Waals surface area (Å²) in [5.74, 6) is 1.10. The summed E-state index contributed by atoms with van der Waals surface area (Å²) in [6, 6.07) is 13.6. The summed E-state index contributed by atoms with van der Waals surface area (Å²) < 4.78 is 0. The van der Waals surface area contributed by atoms with E-state index in [4.69, 9.17) is 11.6 Å². The van der Waals surface area contributed by atoms with E-state index in [2.05, 4.69) is 17.4 Å². The molecule has 0 spiro atoms. The number of para-hydroxylation sites is 1. The smallest absolute Gasteiger partial charge is 0.0736 e. The molecule has 0 saturated heterocycles. The van der Waals surface area contributed by atoms with Gasteiger partial charge in [0, 0.05) is 16.3 Å². The monoisotopic (exact) mass is 352 g/mol. The third-order valence-electron chi connectivity index (χ3n) is 6.58. The Morgan fingerprint density at radius 3 is 2.60 bits per heavy atom. The first-order chi connectivity index (χ1) is 12.1. The molecule has 5 atom stereocenters. The van der Waals surface area contributed by atoms with Crippen LogP contribution in [0.1, 0.15) is 52.7 Å². The molecule has 1 N–H and O–H groups in total. The van der Waals surface area contributed by atoms with Crippen molar-refractivity contribution in [1.82, 2.24) is 0 Å². The third kappa shape index (κ3) is 2.15. The SMILES string of the molecule is O=C([O-])c1cccc2c1N[C@H](c1ccccc1Cl)[C@H]1[C@@H]3CC[C@@H](C3)[C@H]21. The Bertz CT molecular complexity index is 865. The standard InChI is InChI=1S/C21H20ClNO2/c22-16-7-2-1-4-13(16)20-18-12-9-8-11(10-12)17(18)14-5-3-6-15(21(24)25)19(14)23-20/h1-7,11-12,17-18,20,23H,8-10H2,(H,24,25)/p-1/t11-,12+,17+,18-,20+/m0/s1. The second kappa shape index (κ2) is 5.50. The van der Waals surface area contributed by atoms with E-state index in [-0.39, 0.29) is 11.6 Å². The van der Waals surface area contributed by atoms with Crippen LogP contribution in [-0.4, -0.2) is 5.97 Å². The van der Waals surface area contributed by atoms with Crippen LogP contribution in [0.2, 0.25) is 5.02 Å². The van der Waals surface area contributed by atoms with Gasteiger partial charge in [0.25, 0.3) is 0 Å². The minimum absolute atomic E-state index is 0.0574. The fourth-order valence-corrected chi connectivity index (χ4v) is 5.97. The van der Waals surface area contributed by atoms with E-state index in [1.54, 1.807) is 6.07 Å². The molecule has 2 aromatic carbocycles. The molecule has 3 aliphatic rings. The van der Waals surface area contributed by atoms with Gasteiger partial charge in [-0.05, 0) is 60.1 Å². The number of halogens is 1. The maximum Gasteiger partial charge on any atom is 0.0736 e. The summed E-state index contributed by atoms with van der Waals surface area (Å²) in [6.07, 6.45) is 3.76. The van der Waals surface area contributed by atoms with Gasteiger partial charge in [0.05, 0.1) is 12.0 Å². The summed E-state index contributed by atoms with van der Waals surface area (Å²) in [4.78, 5) is 11.7. The van der Waals surface area contributed by atoms with Gasteiger partial charge in [-0.3, -0.25) is 0 Å². The first-order valence-corrected chi connectivity index (χ1v) is 9.38. The van der Waals surface area contributed by atoms with Crippen LogP contribution >= 0.6 is 11.6 Å². The number of anilines is 1. The van der Waals surface area contributed by atoms with Gasteiger partial charge in [-0.15, -0.1) is 0 Å². The zero-order chi connectivity index (χ0) is 17.1. The van der Waals surface area contributed by atoms with Gasteiger partial charge < -0.3 is 15.2 Å². The minimum atomic E-state index is -1.12. The quantitative estimate of drug-likeness (QED) is 0.888. The highest BCUT2D eigenvalue weighted by molar-refractivity contribution is 6.31. The van der Waals surface area contributed by atoms with E-state index in [9.17, 15) is 9.90 Å². The van der Waals surface area contributed by atoms with Gasteiger partial charge in [0.2, 0.25) is 0 Å². The minimum Gasteiger partial charge on any atom is -0.545 e. The molecule has 25 heavy (non-hydrogen) atoms. The summed E-state index contributed by atoms with van der Waals surface area (Å²) in [7, 11) is 0. The molecule has 5 rings (SSSR count). The topological polar surface area (TPSA) is 52.2 Å². The van der Waals surface area contributed by atoms with Crippen LogP contribution in [0.25, 0.3) is 0 Å². The predicted octanol–water partition coefficient (Wildman–Crippen LogP) is 4.00. The number of carbonyl (C=O) groups excluding carboxylic acids is 1. The van der Waals surface area contributed by atoms with E-state index in [0.29, 0.717) is 23.7 Å². The lowest BCUT2D eigenvalue weighted by molar-refractivity contribution is -0.254. The molecular weight excluding hydrogens is 334 g/mol. The molecule has 128 valence electrons. The molecule has 2 aliphatic carbocycles. The molecule has 2 aromatic rings. The Hall–Kier alpha value is -2.00. The van der Waals surface area contributed by atoms with Crippen LogP contribution in [0.5, 0.6) is 0 Å². The van der Waals surface area contributed by atoms with Crippen LogP contribution in [0.15, 0.2) is 42.5 Å². The van der Waals surface area contributed by atoms with Crippen molar-refractivity contribution in [2.24, 2.45) is 17.8 Å². The predicted molar refractivity (Wildman–Crippen MR) is 95.7 cm³/mol. The van der Waals surface area contributed by atoms with Crippen LogP contribution in [0, 0.1) is 17.8 Å². The highest BCUT2D eigenvalue weighted by Gasteiger charge is 2.54. The van der Waals surface area contributed by atoms with Crippen LogP contribution < -0.4 is 10.4 Å². The van der Waals surface area contributed by atoms with Gasteiger partial charge in [0.1, 0.15) is 0 Å². The highest BCUT2D eigenvalue weighted by Crippen LogP contribution is 2.64. The number of nitrogens with one attached hydrogen (secondary N) is 1. The molecule has 2 saturated carbocycles. The molecule has 2 bridgehead atoms.